The van der Waals surface area contributed by atoms with Gasteiger partial charge in [0.25, 0.3) is 0 Å². The van der Waals surface area contributed by atoms with E-state index in [1.807, 2.05) is 6.07 Å². The fraction of sp³-hybridized carbons (Fsp3) is 0.412. The van der Waals surface area contributed by atoms with Gasteiger partial charge in [-0.3, -0.25) is 9.09 Å². The number of aromatic nitrogens is 2. The van der Waals surface area contributed by atoms with Gasteiger partial charge in [-0.25, -0.2) is 14.4 Å². The maximum atomic E-state index is 12.2. The number of ether oxygens (including phenoxy) is 1. The lowest BCUT2D eigenvalue weighted by Crippen LogP contribution is -2.49. The summed E-state index contributed by atoms with van der Waals surface area (Å²) in [5.74, 6) is 0.0159. The van der Waals surface area contributed by atoms with Crippen molar-refractivity contribution < 1.29 is 28.9 Å². The molecule has 5 atom stereocenters. The molecule has 0 bridgehead atoms. The second-order valence-electron chi connectivity index (χ2n) is 6.61. The monoisotopic (exact) mass is 426 g/mol. The van der Waals surface area contributed by atoms with E-state index in [9.17, 15) is 24.5 Å². The molecule has 1 aliphatic rings. The van der Waals surface area contributed by atoms with Crippen LogP contribution in [0.1, 0.15) is 18.2 Å². The minimum Gasteiger partial charge on any atom is -0.390 e. The van der Waals surface area contributed by atoms with Gasteiger partial charge >= 0.3 is 13.4 Å². The van der Waals surface area contributed by atoms with Crippen molar-refractivity contribution in [1.82, 2.24) is 14.6 Å². The molecule has 0 radical (unpaired) electrons. The number of nitrogens with two attached hydrogens (primary N) is 1. The lowest BCUT2D eigenvalue weighted by atomic mass is 10.0. The van der Waals surface area contributed by atoms with Crippen molar-refractivity contribution in [3.05, 3.63) is 58.6 Å². The molecular weight excluding hydrogens is 403 g/mol. The van der Waals surface area contributed by atoms with E-state index >= 15 is 0 Å². The lowest BCUT2D eigenvalue weighted by molar-refractivity contribution is -0.205. The molecule has 0 amide bonds. The third-order valence-corrected chi connectivity index (χ3v) is 5.48. The molecule has 2 heterocycles. The molecule has 0 aliphatic carbocycles. The third kappa shape index (κ3) is 5.71. The molecule has 1 aromatic heterocycles. The van der Waals surface area contributed by atoms with E-state index < -0.39 is 44.6 Å². The van der Waals surface area contributed by atoms with Gasteiger partial charge < -0.3 is 25.6 Å². The quantitative estimate of drug-likeness (QED) is 0.372. The van der Waals surface area contributed by atoms with E-state index in [1.54, 1.807) is 24.3 Å². The highest BCUT2D eigenvalue weighted by atomic mass is 31.2. The second kappa shape index (κ2) is 9.14. The fourth-order valence-electron chi connectivity index (χ4n) is 2.90. The average molecular weight is 426 g/mol. The second-order valence-corrected chi connectivity index (χ2v) is 8.23. The van der Waals surface area contributed by atoms with Crippen LogP contribution in [-0.4, -0.2) is 49.6 Å². The maximum Gasteiger partial charge on any atom is 0.403 e. The molecule has 1 fully saturated rings. The van der Waals surface area contributed by atoms with Crippen LogP contribution in [0.4, 0.5) is 5.82 Å². The maximum absolute atomic E-state index is 12.2. The number of nitrogens with one attached hydrogen (secondary N) is 1. The van der Waals surface area contributed by atoms with Gasteiger partial charge in [-0.1, -0.05) is 30.3 Å². The highest BCUT2D eigenvalue weighted by molar-refractivity contribution is 7.50. The Morgan fingerprint density at radius 3 is 2.69 bits per heavy atom. The SMILES string of the molecule is Nc1ccn([C@@H]2O[C@H](COP(=O)(O)NCc3ccccc3)[C@H](O)CC2O)c(=O)n1. The van der Waals surface area contributed by atoms with Crippen LogP contribution in [0.2, 0.25) is 0 Å². The Hall–Kier alpha value is -2.11. The summed E-state index contributed by atoms with van der Waals surface area (Å²) >= 11 is 0. The first-order valence-electron chi connectivity index (χ1n) is 8.88. The van der Waals surface area contributed by atoms with Gasteiger partial charge in [0.2, 0.25) is 0 Å². The zero-order chi connectivity index (χ0) is 21.0. The molecule has 29 heavy (non-hydrogen) atoms. The number of aliphatic hydroxyl groups is 2. The summed E-state index contributed by atoms with van der Waals surface area (Å²) < 4.78 is 23.8. The highest BCUT2D eigenvalue weighted by Gasteiger charge is 2.39. The molecule has 12 heteroatoms. The Balaban J connectivity index is 1.62. The zero-order valence-corrected chi connectivity index (χ0v) is 16.3. The molecule has 0 saturated carbocycles. The van der Waals surface area contributed by atoms with Crippen LogP contribution in [-0.2, 0) is 20.4 Å². The number of hydrogen-bond donors (Lipinski definition) is 5. The lowest BCUT2D eigenvalue weighted by Gasteiger charge is -2.37. The predicted molar refractivity (Wildman–Crippen MR) is 103 cm³/mol. The number of nitrogens with zero attached hydrogens (tertiary/aromatic N) is 2. The van der Waals surface area contributed by atoms with Gasteiger partial charge in [-0.15, -0.1) is 0 Å². The molecule has 1 aliphatic heterocycles. The molecule has 6 N–H and O–H groups in total. The number of rotatable bonds is 7. The number of benzene rings is 1. The summed E-state index contributed by atoms with van der Waals surface area (Å²) in [6, 6.07) is 10.4. The minimum absolute atomic E-state index is 0.0159. The predicted octanol–water partition coefficient (Wildman–Crippen LogP) is -0.258. The molecule has 1 saturated heterocycles. The van der Waals surface area contributed by atoms with Crippen LogP contribution in [0.15, 0.2) is 47.4 Å². The van der Waals surface area contributed by atoms with E-state index in [1.165, 1.54) is 12.3 Å². The summed E-state index contributed by atoms with van der Waals surface area (Å²) in [6.45, 7) is -0.326. The molecule has 158 valence electrons. The van der Waals surface area contributed by atoms with Crippen LogP contribution < -0.4 is 16.5 Å². The van der Waals surface area contributed by atoms with Crippen molar-refractivity contribution >= 4 is 13.6 Å². The van der Waals surface area contributed by atoms with Crippen LogP contribution >= 0.6 is 7.75 Å². The summed E-state index contributed by atoms with van der Waals surface area (Å²) in [5, 5.41) is 22.7. The smallest absolute Gasteiger partial charge is 0.390 e. The average Bonchev–Trinajstić information content (AvgIpc) is 2.67. The number of anilines is 1. The van der Waals surface area contributed by atoms with Crippen molar-refractivity contribution in [3.63, 3.8) is 0 Å². The Morgan fingerprint density at radius 2 is 2.00 bits per heavy atom. The number of hydrogen-bond acceptors (Lipinski definition) is 8. The normalized spacial score (nSPS) is 26.7. The number of nitrogen functional groups attached to an aromatic ring is 1. The molecule has 3 rings (SSSR count). The van der Waals surface area contributed by atoms with E-state index in [2.05, 4.69) is 10.1 Å². The molecule has 2 aromatic rings. The first kappa shape index (κ1) is 21.6. The van der Waals surface area contributed by atoms with Gasteiger partial charge in [0.1, 0.15) is 18.0 Å². The van der Waals surface area contributed by atoms with Crippen molar-refractivity contribution in [2.45, 2.75) is 37.5 Å². The first-order valence-corrected chi connectivity index (χ1v) is 10.5. The largest absolute Gasteiger partial charge is 0.403 e. The van der Waals surface area contributed by atoms with E-state index in [4.69, 9.17) is 15.0 Å². The Bertz CT molecular complexity index is 925. The van der Waals surface area contributed by atoms with Crippen LogP contribution in [0.5, 0.6) is 0 Å². The summed E-state index contributed by atoms with van der Waals surface area (Å²) in [5.41, 5.74) is 5.51. The highest BCUT2D eigenvalue weighted by Crippen LogP contribution is 2.38. The van der Waals surface area contributed by atoms with Gasteiger partial charge in [0, 0.05) is 19.2 Å². The molecule has 2 unspecified atom stereocenters. The van der Waals surface area contributed by atoms with E-state index in [0.29, 0.717) is 0 Å². The van der Waals surface area contributed by atoms with Gasteiger partial charge in [-0.05, 0) is 11.6 Å². The van der Waals surface area contributed by atoms with Crippen molar-refractivity contribution in [1.29, 1.82) is 0 Å². The Morgan fingerprint density at radius 1 is 1.28 bits per heavy atom. The van der Waals surface area contributed by atoms with Gasteiger partial charge in [0.15, 0.2) is 6.23 Å². The minimum atomic E-state index is -4.18. The van der Waals surface area contributed by atoms with Gasteiger partial charge in [0.05, 0.1) is 12.7 Å². The molecule has 1 aromatic carbocycles. The number of aliphatic hydroxyl groups excluding tert-OH is 2. The van der Waals surface area contributed by atoms with Crippen molar-refractivity contribution in [2.75, 3.05) is 12.3 Å². The summed E-state index contributed by atoms with van der Waals surface area (Å²) in [4.78, 5) is 25.5. The van der Waals surface area contributed by atoms with Crippen molar-refractivity contribution in [3.8, 4) is 0 Å². The Labute approximate surface area is 166 Å². The summed E-state index contributed by atoms with van der Waals surface area (Å²) in [6.07, 6.45) is -3.36. The summed E-state index contributed by atoms with van der Waals surface area (Å²) in [7, 11) is -4.18. The Kier molecular flexibility index (Phi) is 6.81. The van der Waals surface area contributed by atoms with Crippen LogP contribution in [0.25, 0.3) is 0 Å². The van der Waals surface area contributed by atoms with E-state index in [-0.39, 0.29) is 18.8 Å². The standard InChI is InChI=1S/C17H23N4O7P/c18-15-6-7-21(17(24)20-15)16-13(23)8-12(22)14(28-16)10-27-29(25,26)19-9-11-4-2-1-3-5-11/h1-7,12-14,16,22-23H,8-10H2,(H2,18,20,24)(H2,19,25,26)/t12-,13?,14-,16-/m1/s1. The topological polar surface area (TPSA) is 169 Å². The van der Waals surface area contributed by atoms with Crippen molar-refractivity contribution in [2.24, 2.45) is 0 Å². The molecule has 11 nitrogen and oxygen atoms in total. The first-order chi connectivity index (χ1) is 13.7. The van der Waals surface area contributed by atoms with Crippen LogP contribution in [0, 0.1) is 0 Å². The molecule has 0 spiro atoms. The molecular formula is C17H23N4O7P. The van der Waals surface area contributed by atoms with Crippen LogP contribution in [0.3, 0.4) is 0 Å². The van der Waals surface area contributed by atoms with E-state index in [0.717, 1.165) is 10.1 Å². The zero-order valence-electron chi connectivity index (χ0n) is 15.4. The fourth-order valence-corrected chi connectivity index (χ4v) is 3.73. The van der Waals surface area contributed by atoms with Gasteiger partial charge in [-0.2, -0.15) is 4.98 Å². The third-order valence-electron chi connectivity index (χ3n) is 4.42.